The maximum atomic E-state index is 15.3. The highest BCUT2D eigenvalue weighted by Gasteiger charge is 2.39. The Hall–Kier alpha value is -5.69. The van der Waals surface area contributed by atoms with Crippen LogP contribution >= 0.6 is 11.6 Å². The van der Waals surface area contributed by atoms with Crippen LogP contribution in [0.4, 0.5) is 10.1 Å². The number of fused-ring (bicyclic) bond motifs is 1. The maximum absolute atomic E-state index is 15.3. The van der Waals surface area contributed by atoms with E-state index in [1.54, 1.807) is 13.0 Å². The summed E-state index contributed by atoms with van der Waals surface area (Å²) in [5.74, 6) is -2.91. The smallest absolute Gasteiger partial charge is 0.335 e. The molecule has 1 aliphatic rings. The molecule has 0 aliphatic carbocycles. The first-order valence-electron chi connectivity index (χ1n) is 15.8. The predicted molar refractivity (Wildman–Crippen MR) is 185 cm³/mol. The van der Waals surface area contributed by atoms with Gasteiger partial charge in [0.2, 0.25) is 5.91 Å². The molecule has 2 aromatic heterocycles. The molecule has 0 fully saturated rings. The van der Waals surface area contributed by atoms with Crippen molar-refractivity contribution in [2.24, 2.45) is 0 Å². The van der Waals surface area contributed by atoms with Crippen molar-refractivity contribution in [3.05, 3.63) is 123 Å². The summed E-state index contributed by atoms with van der Waals surface area (Å²) >= 11 is 6.09. The number of benzene rings is 3. The van der Waals surface area contributed by atoms with E-state index in [9.17, 15) is 19.5 Å². The number of carboxylic acids is 1. The molecular weight excluding hydrogens is 663 g/mol. The second-order valence-electron chi connectivity index (χ2n) is 13.0. The number of tetrazole rings is 1. The van der Waals surface area contributed by atoms with E-state index in [4.69, 9.17) is 16.7 Å². The Balaban J connectivity index is 1.39. The van der Waals surface area contributed by atoms with E-state index in [0.29, 0.717) is 35.5 Å². The molecule has 0 saturated heterocycles. The van der Waals surface area contributed by atoms with Gasteiger partial charge >= 0.3 is 5.97 Å². The highest BCUT2D eigenvalue weighted by molar-refractivity contribution is 6.31. The number of carbonyl (C=O) groups is 3. The molecule has 50 heavy (non-hydrogen) atoms. The topological polar surface area (TPSA) is 148 Å². The van der Waals surface area contributed by atoms with Crippen molar-refractivity contribution in [3.8, 4) is 5.69 Å². The molecule has 0 bridgehead atoms. The molecule has 1 unspecified atom stereocenters. The molecule has 0 saturated carbocycles. The highest BCUT2D eigenvalue weighted by atomic mass is 35.5. The van der Waals surface area contributed by atoms with Crippen molar-refractivity contribution in [2.75, 3.05) is 11.9 Å². The highest BCUT2D eigenvalue weighted by Crippen LogP contribution is 2.36. The molecule has 3 aromatic carbocycles. The average Bonchev–Trinajstić information content (AvgIpc) is 3.73. The summed E-state index contributed by atoms with van der Waals surface area (Å²) in [4.78, 5) is 41.8. The van der Waals surface area contributed by atoms with Crippen LogP contribution in [0.5, 0.6) is 0 Å². The van der Waals surface area contributed by atoms with E-state index < -0.39 is 35.1 Å². The quantitative estimate of drug-likeness (QED) is 0.194. The van der Waals surface area contributed by atoms with Gasteiger partial charge in [0.05, 0.1) is 28.5 Å². The number of aromatic carboxylic acids is 1. The number of hydrogen-bond donors (Lipinski definition) is 2. The maximum Gasteiger partial charge on any atom is 0.335 e. The van der Waals surface area contributed by atoms with Crippen molar-refractivity contribution in [1.82, 2.24) is 34.9 Å². The molecule has 256 valence electrons. The van der Waals surface area contributed by atoms with Crippen LogP contribution in [-0.4, -0.2) is 64.3 Å². The van der Waals surface area contributed by atoms with E-state index in [0.717, 1.165) is 11.3 Å². The molecule has 1 atom stereocenters. The summed E-state index contributed by atoms with van der Waals surface area (Å²) in [6.45, 7) is 8.09. The summed E-state index contributed by atoms with van der Waals surface area (Å²) in [6, 6.07) is 16.2. The zero-order valence-corrected chi connectivity index (χ0v) is 28.5. The Morgan fingerprint density at radius 3 is 2.54 bits per heavy atom. The summed E-state index contributed by atoms with van der Waals surface area (Å²) in [5, 5.41) is 28.4. The Bertz CT molecular complexity index is 2120. The third-order valence-corrected chi connectivity index (χ3v) is 8.88. The normalized spacial score (nSPS) is 14.5. The number of amides is 2. The third-order valence-electron chi connectivity index (χ3n) is 8.59. The van der Waals surface area contributed by atoms with Gasteiger partial charge in [0, 0.05) is 41.5 Å². The molecule has 0 spiro atoms. The third kappa shape index (κ3) is 6.77. The zero-order valence-electron chi connectivity index (χ0n) is 27.8. The lowest BCUT2D eigenvalue weighted by Crippen LogP contribution is -2.45. The summed E-state index contributed by atoms with van der Waals surface area (Å²) < 4.78 is 18.4. The number of anilines is 1. The molecule has 0 radical (unpaired) electrons. The van der Waals surface area contributed by atoms with Crippen LogP contribution in [0.2, 0.25) is 5.02 Å². The van der Waals surface area contributed by atoms with Crippen LogP contribution in [0.1, 0.15) is 70.8 Å². The minimum absolute atomic E-state index is 0.0167. The first kappa shape index (κ1) is 34.2. The van der Waals surface area contributed by atoms with Crippen LogP contribution in [0.3, 0.4) is 0 Å². The van der Waals surface area contributed by atoms with E-state index in [1.165, 1.54) is 52.3 Å². The van der Waals surface area contributed by atoms with E-state index in [-0.39, 0.29) is 28.4 Å². The Labute approximate surface area is 292 Å². The van der Waals surface area contributed by atoms with Crippen LogP contribution in [0.25, 0.3) is 11.8 Å². The van der Waals surface area contributed by atoms with Crippen LogP contribution in [0.15, 0.2) is 73.1 Å². The van der Waals surface area contributed by atoms with Crippen molar-refractivity contribution in [3.63, 3.8) is 0 Å². The second-order valence-corrected chi connectivity index (χ2v) is 13.4. The van der Waals surface area contributed by atoms with Crippen molar-refractivity contribution in [2.45, 2.75) is 52.1 Å². The number of aryl methyl sites for hydroxylation is 1. The minimum Gasteiger partial charge on any atom is -0.478 e. The van der Waals surface area contributed by atoms with Gasteiger partial charge in [-0.25, -0.2) is 9.18 Å². The summed E-state index contributed by atoms with van der Waals surface area (Å²) in [6.07, 6.45) is 4.18. The fourth-order valence-electron chi connectivity index (χ4n) is 6.25. The van der Waals surface area contributed by atoms with Gasteiger partial charge in [0.25, 0.3) is 5.91 Å². The fourth-order valence-corrected chi connectivity index (χ4v) is 6.41. The number of nitrogens with zero attached hydrogens (tertiary/aromatic N) is 7. The summed E-state index contributed by atoms with van der Waals surface area (Å²) in [5.41, 5.74) is 3.76. The van der Waals surface area contributed by atoms with E-state index in [2.05, 4.69) is 20.8 Å². The monoisotopic (exact) mass is 696 g/mol. The van der Waals surface area contributed by atoms with Crippen LogP contribution < -0.4 is 5.32 Å². The van der Waals surface area contributed by atoms with Crippen molar-refractivity contribution in [1.29, 1.82) is 0 Å². The lowest BCUT2D eigenvalue weighted by molar-refractivity contribution is -0.135. The molecule has 6 rings (SSSR count). The molecule has 14 heteroatoms. The van der Waals surface area contributed by atoms with Crippen molar-refractivity contribution >= 4 is 41.1 Å². The average molecular weight is 697 g/mol. The van der Waals surface area contributed by atoms with Gasteiger partial charge in [-0.15, -0.1) is 5.10 Å². The van der Waals surface area contributed by atoms with Crippen LogP contribution in [-0.2, 0) is 28.0 Å². The van der Waals surface area contributed by atoms with E-state index in [1.807, 2.05) is 55.8 Å². The van der Waals surface area contributed by atoms with Gasteiger partial charge in [-0.3, -0.25) is 14.3 Å². The number of carbonyl (C=O) groups excluding carboxylic acids is 2. The molecule has 1 aliphatic heterocycles. The van der Waals surface area contributed by atoms with Gasteiger partial charge in [0.1, 0.15) is 12.4 Å². The number of hydrogen-bond acceptors (Lipinski definition) is 7. The van der Waals surface area contributed by atoms with E-state index >= 15 is 4.39 Å². The first-order chi connectivity index (χ1) is 23.8. The predicted octanol–water partition coefficient (Wildman–Crippen LogP) is 5.78. The molecule has 2 amide bonds. The zero-order chi connectivity index (χ0) is 35.7. The molecule has 3 heterocycles. The van der Waals surface area contributed by atoms with Gasteiger partial charge in [0.15, 0.2) is 5.82 Å². The molecule has 2 N–H and O–H groups in total. The Kier molecular flexibility index (Phi) is 9.35. The molecule has 12 nitrogen and oxygen atoms in total. The first-order valence-corrected chi connectivity index (χ1v) is 16.2. The molecule has 5 aromatic rings. The lowest BCUT2D eigenvalue weighted by atomic mass is 9.83. The number of halogens is 2. The number of nitrogens with one attached hydrogen (secondary N) is 1. The Morgan fingerprint density at radius 2 is 1.86 bits per heavy atom. The Morgan fingerprint density at radius 1 is 1.10 bits per heavy atom. The SMILES string of the molecule is Cc1nn(Cc2ccccc2)c2c1C(C(=O)Nc1ccc(C(=O)O)c(C(C)(C)C)c1)N(C(=O)C=Cc1c(-n3cnnn3)ccc(Cl)c1F)CC2. The van der Waals surface area contributed by atoms with Gasteiger partial charge in [-0.1, -0.05) is 62.7 Å². The number of aromatic nitrogens is 6. The van der Waals surface area contributed by atoms with Crippen molar-refractivity contribution < 1.29 is 23.9 Å². The number of carboxylic acid groups (broad SMARTS) is 1. The second kappa shape index (κ2) is 13.7. The summed E-state index contributed by atoms with van der Waals surface area (Å²) in [7, 11) is 0. The number of rotatable bonds is 8. The van der Waals surface area contributed by atoms with Gasteiger partial charge in [-0.2, -0.15) is 9.78 Å². The minimum atomic E-state index is -1.11. The van der Waals surface area contributed by atoms with Gasteiger partial charge < -0.3 is 15.3 Å². The molecular formula is C36H34ClFN8O4. The lowest BCUT2D eigenvalue weighted by Gasteiger charge is -2.35. The van der Waals surface area contributed by atoms with Gasteiger partial charge in [-0.05, 0) is 70.3 Å². The largest absolute Gasteiger partial charge is 0.478 e. The van der Waals surface area contributed by atoms with Crippen LogP contribution in [0, 0.1) is 12.7 Å². The fraction of sp³-hybridized carbons (Fsp3) is 0.250. The standard InChI is InChI=1S/C36H34ClFN8O4/c1-21-31-29(45(41-21)19-22-8-6-5-7-9-22)16-17-44(30(47)15-12-25-28(46-20-39-42-43-46)14-13-27(37)32(25)38)33(31)34(48)40-23-10-11-24(35(49)50)26(18-23)36(2,3)4/h5-15,18,20,33H,16-17,19H2,1-4H3,(H,40,48)(H,49,50).